The van der Waals surface area contributed by atoms with E-state index in [1.54, 1.807) is 42.5 Å². The largest absolute Gasteiger partial charge is 0.312 e. The second-order valence-corrected chi connectivity index (χ2v) is 8.49. The molecule has 0 aliphatic heterocycles. The van der Waals surface area contributed by atoms with Crippen molar-refractivity contribution in [3.63, 3.8) is 0 Å². The van der Waals surface area contributed by atoms with Crippen molar-refractivity contribution in [2.45, 2.75) is 11.8 Å². The maximum atomic E-state index is 13.3. The Morgan fingerprint density at radius 1 is 1.07 bits per heavy atom. The summed E-state index contributed by atoms with van der Waals surface area (Å²) in [5.41, 5.74) is 1.50. The van der Waals surface area contributed by atoms with Crippen LogP contribution in [0.15, 0.2) is 70.5 Å². The number of fused-ring (bicyclic) bond motifs is 1. The number of halogens is 1. The Balaban J connectivity index is 1.94. The van der Waals surface area contributed by atoms with Crippen molar-refractivity contribution in [3.8, 4) is 11.8 Å². The van der Waals surface area contributed by atoms with Gasteiger partial charge in [-0.25, -0.2) is 17.4 Å². The molecule has 144 valence electrons. The Hall–Kier alpha value is -3.34. The zero-order valence-electron chi connectivity index (χ0n) is 15.2. The van der Waals surface area contributed by atoms with Crippen LogP contribution in [0.5, 0.6) is 0 Å². The summed E-state index contributed by atoms with van der Waals surface area (Å²) in [6, 6.07) is 14.5. The highest BCUT2D eigenvalue weighted by Gasteiger charge is 2.23. The molecule has 0 saturated heterocycles. The van der Waals surface area contributed by atoms with Gasteiger partial charge in [-0.15, -0.1) is 0 Å². The van der Waals surface area contributed by atoms with E-state index in [2.05, 4.69) is 21.8 Å². The van der Waals surface area contributed by atoms with E-state index in [1.807, 2.05) is 6.92 Å². The molecule has 0 unspecified atom stereocenters. The Morgan fingerprint density at radius 3 is 2.55 bits per heavy atom. The van der Waals surface area contributed by atoms with Gasteiger partial charge in [0.05, 0.1) is 10.5 Å². The minimum atomic E-state index is -3.93. The number of pyridine rings is 2. The van der Waals surface area contributed by atoms with Crippen LogP contribution in [-0.2, 0) is 10.0 Å². The van der Waals surface area contributed by atoms with Gasteiger partial charge in [-0.2, -0.15) is 0 Å². The molecule has 0 saturated carbocycles. The summed E-state index contributed by atoms with van der Waals surface area (Å²) in [6.07, 6.45) is 1.53. The van der Waals surface area contributed by atoms with Crippen LogP contribution in [0.1, 0.15) is 16.8 Å². The van der Waals surface area contributed by atoms with Crippen molar-refractivity contribution in [2.24, 2.45) is 0 Å². The van der Waals surface area contributed by atoms with Crippen LogP contribution < -0.4 is 5.56 Å². The first-order valence-electron chi connectivity index (χ1n) is 8.56. The van der Waals surface area contributed by atoms with Gasteiger partial charge in [0, 0.05) is 17.6 Å². The summed E-state index contributed by atoms with van der Waals surface area (Å²) < 4.78 is 27.8. The van der Waals surface area contributed by atoms with Crippen molar-refractivity contribution in [1.29, 1.82) is 0 Å². The first kappa shape index (κ1) is 19.0. The zero-order valence-corrected chi connectivity index (χ0v) is 16.8. The maximum Gasteiger partial charge on any atom is 0.270 e. The first-order chi connectivity index (χ1) is 13.9. The number of hydrogen-bond acceptors (Lipinski definition) is 4. The lowest BCUT2D eigenvalue weighted by Gasteiger charge is -2.09. The summed E-state index contributed by atoms with van der Waals surface area (Å²) >= 11 is 6.02. The predicted octanol–water partition coefficient (Wildman–Crippen LogP) is 3.32. The van der Waals surface area contributed by atoms with Crippen LogP contribution in [0.4, 0.5) is 0 Å². The summed E-state index contributed by atoms with van der Waals surface area (Å²) in [6.45, 7) is 1.88. The van der Waals surface area contributed by atoms with Gasteiger partial charge in [0.15, 0.2) is 5.65 Å². The molecule has 8 heteroatoms. The van der Waals surface area contributed by atoms with E-state index >= 15 is 0 Å². The highest BCUT2D eigenvalue weighted by atomic mass is 35.5. The SMILES string of the molecule is Cc1ccc(S(=O)(=O)n2c(C#Cc3ccc(=O)[nH]c3Cl)cc3cccnc32)cc1. The van der Waals surface area contributed by atoms with Crippen molar-refractivity contribution in [2.75, 3.05) is 0 Å². The number of nitrogens with one attached hydrogen (secondary N) is 1. The normalized spacial score (nSPS) is 11.2. The number of rotatable bonds is 2. The molecule has 0 aliphatic rings. The third kappa shape index (κ3) is 3.56. The maximum absolute atomic E-state index is 13.3. The molecule has 3 heterocycles. The highest BCUT2D eigenvalue weighted by molar-refractivity contribution is 7.90. The second-order valence-electron chi connectivity index (χ2n) is 6.33. The van der Waals surface area contributed by atoms with Crippen LogP contribution in [0.2, 0.25) is 5.15 Å². The van der Waals surface area contributed by atoms with Crippen LogP contribution in [0.25, 0.3) is 11.0 Å². The summed E-state index contributed by atoms with van der Waals surface area (Å²) in [4.78, 5) is 18.1. The average Bonchev–Trinajstić information content (AvgIpc) is 3.07. The smallest absolute Gasteiger partial charge is 0.270 e. The quantitative estimate of drug-likeness (QED) is 0.396. The predicted molar refractivity (Wildman–Crippen MR) is 112 cm³/mol. The van der Waals surface area contributed by atoms with E-state index in [0.717, 1.165) is 9.54 Å². The Labute approximate surface area is 171 Å². The van der Waals surface area contributed by atoms with E-state index in [4.69, 9.17) is 11.6 Å². The van der Waals surface area contributed by atoms with Gasteiger partial charge >= 0.3 is 0 Å². The molecule has 0 aliphatic carbocycles. The molecule has 0 bridgehead atoms. The molecular weight excluding hydrogens is 410 g/mol. The van der Waals surface area contributed by atoms with Crippen molar-refractivity contribution >= 4 is 32.7 Å². The fraction of sp³-hybridized carbons (Fsp3) is 0.0476. The van der Waals surface area contributed by atoms with Gasteiger partial charge in [0.1, 0.15) is 10.8 Å². The van der Waals surface area contributed by atoms with Crippen LogP contribution in [-0.4, -0.2) is 22.4 Å². The van der Waals surface area contributed by atoms with Crippen molar-refractivity contribution in [3.05, 3.63) is 93.1 Å². The average molecular weight is 424 g/mol. The van der Waals surface area contributed by atoms with Gasteiger partial charge in [-0.05, 0) is 49.2 Å². The minimum absolute atomic E-state index is 0.0900. The molecule has 0 spiro atoms. The molecule has 0 atom stereocenters. The Morgan fingerprint density at radius 2 is 1.83 bits per heavy atom. The van der Waals surface area contributed by atoms with Gasteiger partial charge in [0.2, 0.25) is 5.56 Å². The van der Waals surface area contributed by atoms with Crippen molar-refractivity contribution < 1.29 is 8.42 Å². The minimum Gasteiger partial charge on any atom is -0.312 e. The fourth-order valence-corrected chi connectivity index (χ4v) is 4.47. The highest BCUT2D eigenvalue weighted by Crippen LogP contribution is 2.24. The van der Waals surface area contributed by atoms with E-state index < -0.39 is 10.0 Å². The Bertz CT molecular complexity index is 1460. The van der Waals surface area contributed by atoms with Crippen LogP contribution in [0.3, 0.4) is 0 Å². The van der Waals surface area contributed by atoms with Crippen molar-refractivity contribution in [1.82, 2.24) is 13.9 Å². The van der Waals surface area contributed by atoms with E-state index in [0.29, 0.717) is 10.9 Å². The molecule has 0 radical (unpaired) electrons. The number of H-pyrrole nitrogens is 1. The molecule has 1 aromatic carbocycles. The van der Waals surface area contributed by atoms with Gasteiger partial charge in [0.25, 0.3) is 10.0 Å². The van der Waals surface area contributed by atoms with Crippen LogP contribution in [0, 0.1) is 18.8 Å². The topological polar surface area (TPSA) is 84.8 Å². The lowest BCUT2D eigenvalue weighted by Crippen LogP contribution is -2.15. The lowest BCUT2D eigenvalue weighted by molar-refractivity contribution is 0.588. The second kappa shape index (κ2) is 7.24. The van der Waals surface area contributed by atoms with Gasteiger partial charge in [-0.1, -0.05) is 35.2 Å². The number of benzene rings is 1. The summed E-state index contributed by atoms with van der Waals surface area (Å²) in [5.74, 6) is 5.68. The number of aromatic nitrogens is 3. The third-order valence-corrected chi connectivity index (χ3v) is 6.29. The number of nitrogens with zero attached hydrogens (tertiary/aromatic N) is 2. The molecular formula is C21H14ClN3O3S. The molecule has 29 heavy (non-hydrogen) atoms. The summed E-state index contributed by atoms with van der Waals surface area (Å²) in [5, 5.41) is 0.729. The number of hydrogen-bond donors (Lipinski definition) is 1. The molecule has 0 amide bonds. The number of aromatic amines is 1. The fourth-order valence-electron chi connectivity index (χ4n) is 2.83. The number of aryl methyl sites for hydroxylation is 1. The molecule has 1 N–H and O–H groups in total. The molecule has 0 fully saturated rings. The third-order valence-electron chi connectivity index (χ3n) is 4.28. The monoisotopic (exact) mass is 423 g/mol. The standard InChI is InChI=1S/C21H14ClN3O3S/c1-14-4-9-18(10-5-14)29(27,28)25-17(13-16-3-2-12-23-21(16)25)8-6-15-7-11-19(26)24-20(15)22/h2-5,7,9-13H,1H3,(H,24,26). The van der Waals surface area contributed by atoms with E-state index in [-0.39, 0.29) is 26.9 Å². The van der Waals surface area contributed by atoms with Crippen LogP contribution >= 0.6 is 11.6 Å². The summed E-state index contributed by atoms with van der Waals surface area (Å²) in [7, 11) is -3.93. The van der Waals surface area contributed by atoms with E-state index in [1.165, 1.54) is 18.3 Å². The van der Waals surface area contributed by atoms with Gasteiger partial charge in [-0.3, -0.25) is 4.79 Å². The molecule has 6 nitrogen and oxygen atoms in total. The lowest BCUT2D eigenvalue weighted by atomic mass is 10.2. The Kier molecular flexibility index (Phi) is 4.74. The first-order valence-corrected chi connectivity index (χ1v) is 10.4. The molecule has 3 aromatic heterocycles. The van der Waals surface area contributed by atoms with Gasteiger partial charge < -0.3 is 4.98 Å². The zero-order chi connectivity index (χ0) is 20.6. The molecule has 4 rings (SSSR count). The molecule has 4 aromatic rings. The van der Waals surface area contributed by atoms with E-state index in [9.17, 15) is 13.2 Å².